The Morgan fingerprint density at radius 3 is 2.89 bits per heavy atom. The monoisotopic (exact) mass is 395 g/mol. The average Bonchev–Trinajstić information content (AvgIpc) is 3.38. The van der Waals surface area contributed by atoms with E-state index in [1.54, 1.807) is 11.3 Å². The first kappa shape index (κ1) is 17.3. The number of likely N-dealkylation sites (tertiary alicyclic amines) is 1. The van der Waals surface area contributed by atoms with E-state index >= 15 is 0 Å². The molecule has 0 radical (unpaired) electrons. The molecule has 2 aliphatic heterocycles. The highest BCUT2D eigenvalue weighted by Crippen LogP contribution is 2.36. The number of nitrogens with zero attached hydrogens (tertiary/aromatic N) is 2. The number of ether oxygens (including phenoxy) is 2. The van der Waals surface area contributed by atoms with E-state index in [1.807, 2.05) is 47.4 Å². The van der Waals surface area contributed by atoms with Crippen molar-refractivity contribution in [3.05, 3.63) is 53.5 Å². The topological polar surface area (TPSA) is 63.7 Å². The zero-order chi connectivity index (χ0) is 18.9. The molecule has 1 aromatic heterocycles. The second-order valence-corrected chi connectivity index (χ2v) is 8.12. The average molecular weight is 395 g/mol. The van der Waals surface area contributed by atoms with Crippen molar-refractivity contribution in [1.82, 2.24) is 15.2 Å². The molecule has 0 bridgehead atoms. The van der Waals surface area contributed by atoms with E-state index in [1.165, 1.54) is 0 Å². The second-order valence-electron chi connectivity index (χ2n) is 7.05. The fraction of sp³-hybridized carbons (Fsp3) is 0.333. The van der Waals surface area contributed by atoms with Crippen molar-refractivity contribution in [3.63, 3.8) is 0 Å². The number of hydrogen-bond donors (Lipinski definition) is 1. The number of para-hydroxylation sites is 3. The van der Waals surface area contributed by atoms with Crippen LogP contribution in [-0.2, 0) is 0 Å². The van der Waals surface area contributed by atoms with Gasteiger partial charge in [0.2, 0.25) is 0 Å². The molecule has 6 nitrogen and oxygen atoms in total. The van der Waals surface area contributed by atoms with Gasteiger partial charge in [0.05, 0.1) is 22.8 Å². The molecule has 2 aliphatic rings. The van der Waals surface area contributed by atoms with Gasteiger partial charge in [-0.15, -0.1) is 11.3 Å². The number of aromatic nitrogens is 1. The molecule has 1 saturated heterocycles. The molecule has 1 N–H and O–H groups in total. The van der Waals surface area contributed by atoms with Gasteiger partial charge in [0.15, 0.2) is 17.6 Å². The molecule has 2 aromatic carbocycles. The molecule has 3 heterocycles. The molecular weight excluding hydrogens is 374 g/mol. The van der Waals surface area contributed by atoms with Gasteiger partial charge in [-0.1, -0.05) is 24.3 Å². The Morgan fingerprint density at radius 1 is 1.18 bits per heavy atom. The normalized spacial score (nSPS) is 21.1. The van der Waals surface area contributed by atoms with Gasteiger partial charge >= 0.3 is 6.03 Å². The Balaban J connectivity index is 1.23. The van der Waals surface area contributed by atoms with Crippen LogP contribution in [-0.4, -0.2) is 41.7 Å². The highest BCUT2D eigenvalue weighted by Gasteiger charge is 2.33. The minimum absolute atomic E-state index is 0.0432. The van der Waals surface area contributed by atoms with Gasteiger partial charge in [0, 0.05) is 6.54 Å². The Bertz CT molecular complexity index is 972. The van der Waals surface area contributed by atoms with Crippen molar-refractivity contribution in [2.45, 2.75) is 25.0 Å². The van der Waals surface area contributed by atoms with Crippen LogP contribution in [0.1, 0.15) is 23.9 Å². The third-order valence-electron chi connectivity index (χ3n) is 5.16. The lowest BCUT2D eigenvalue weighted by atomic mass is 10.2. The summed E-state index contributed by atoms with van der Waals surface area (Å²) in [5.74, 6) is 1.47. The number of thiazole rings is 1. The predicted octanol–water partition coefficient (Wildman–Crippen LogP) is 3.98. The van der Waals surface area contributed by atoms with Gasteiger partial charge in [-0.2, -0.15) is 0 Å². The van der Waals surface area contributed by atoms with E-state index < -0.39 is 0 Å². The van der Waals surface area contributed by atoms with Crippen molar-refractivity contribution in [2.75, 3.05) is 19.7 Å². The maximum atomic E-state index is 12.8. The van der Waals surface area contributed by atoms with Crippen molar-refractivity contribution >= 4 is 27.6 Å². The second kappa shape index (κ2) is 7.31. The summed E-state index contributed by atoms with van der Waals surface area (Å²) in [6, 6.07) is 15.7. The highest BCUT2D eigenvalue weighted by molar-refractivity contribution is 7.18. The number of amides is 2. The number of urea groups is 1. The summed E-state index contributed by atoms with van der Waals surface area (Å²) in [6.07, 6.45) is 1.75. The van der Waals surface area contributed by atoms with Crippen molar-refractivity contribution in [3.8, 4) is 11.5 Å². The Kier molecular flexibility index (Phi) is 4.52. The Labute approximate surface area is 167 Å². The lowest BCUT2D eigenvalue weighted by Gasteiger charge is -2.28. The first-order valence-electron chi connectivity index (χ1n) is 9.56. The molecule has 28 heavy (non-hydrogen) atoms. The standard InChI is InChI=1S/C21H21N3O3S/c25-21(22-12-14-13-26-17-8-2-3-9-18(17)27-14)24-11-5-7-16(24)20-23-15-6-1-4-10-19(15)28-20/h1-4,6,8-10,14,16H,5,7,11-13H2,(H,22,25)/t14-,16+/m0/s1. The van der Waals surface area contributed by atoms with E-state index in [-0.39, 0.29) is 18.2 Å². The van der Waals surface area contributed by atoms with E-state index in [0.717, 1.165) is 46.1 Å². The molecule has 0 spiro atoms. The maximum Gasteiger partial charge on any atom is 0.318 e. The van der Waals surface area contributed by atoms with Gasteiger partial charge in [-0.05, 0) is 37.1 Å². The van der Waals surface area contributed by atoms with E-state index in [4.69, 9.17) is 14.5 Å². The molecule has 7 heteroatoms. The van der Waals surface area contributed by atoms with Gasteiger partial charge in [0.25, 0.3) is 0 Å². The SMILES string of the molecule is O=C(NC[C@H]1COc2ccccc2O1)N1CCC[C@@H]1c1nc2ccccc2s1. The summed E-state index contributed by atoms with van der Waals surface area (Å²) >= 11 is 1.68. The quantitative estimate of drug-likeness (QED) is 0.729. The molecule has 3 aromatic rings. The largest absolute Gasteiger partial charge is 0.486 e. The van der Waals surface area contributed by atoms with E-state index in [9.17, 15) is 4.79 Å². The van der Waals surface area contributed by atoms with Gasteiger partial charge < -0.3 is 19.7 Å². The molecule has 0 unspecified atom stereocenters. The summed E-state index contributed by atoms with van der Waals surface area (Å²) in [7, 11) is 0. The van der Waals surface area contributed by atoms with Crippen LogP contribution in [0.2, 0.25) is 0 Å². The first-order valence-corrected chi connectivity index (χ1v) is 10.4. The number of benzene rings is 2. The third kappa shape index (κ3) is 3.26. The first-order chi connectivity index (χ1) is 13.8. The van der Waals surface area contributed by atoms with E-state index in [2.05, 4.69) is 11.4 Å². The maximum absolute atomic E-state index is 12.8. The summed E-state index contributed by atoms with van der Waals surface area (Å²) in [5, 5.41) is 4.03. The zero-order valence-electron chi connectivity index (χ0n) is 15.3. The number of rotatable bonds is 3. The van der Waals surface area contributed by atoms with Gasteiger partial charge in [-0.25, -0.2) is 9.78 Å². The Hall–Kier alpha value is -2.80. The molecular formula is C21H21N3O3S. The third-order valence-corrected chi connectivity index (χ3v) is 6.30. The van der Waals surface area contributed by atoms with Crippen molar-refractivity contribution < 1.29 is 14.3 Å². The molecule has 144 valence electrons. The summed E-state index contributed by atoms with van der Waals surface area (Å²) < 4.78 is 12.8. The minimum Gasteiger partial charge on any atom is -0.486 e. The summed E-state index contributed by atoms with van der Waals surface area (Å²) in [4.78, 5) is 19.5. The smallest absolute Gasteiger partial charge is 0.318 e. The lowest BCUT2D eigenvalue weighted by Crippen LogP contribution is -2.46. The highest BCUT2D eigenvalue weighted by atomic mass is 32.1. The predicted molar refractivity (Wildman–Crippen MR) is 108 cm³/mol. The van der Waals surface area contributed by atoms with Crippen LogP contribution >= 0.6 is 11.3 Å². The minimum atomic E-state index is -0.192. The fourth-order valence-corrected chi connectivity index (χ4v) is 4.88. The molecule has 2 amide bonds. The summed E-state index contributed by atoms with van der Waals surface area (Å²) in [5.41, 5.74) is 1.00. The number of hydrogen-bond acceptors (Lipinski definition) is 5. The van der Waals surface area contributed by atoms with Gasteiger partial charge in [0.1, 0.15) is 11.6 Å². The number of nitrogens with one attached hydrogen (secondary N) is 1. The Morgan fingerprint density at radius 2 is 2.00 bits per heavy atom. The molecule has 2 atom stereocenters. The number of carbonyl (C=O) groups excluding carboxylic acids is 1. The summed E-state index contributed by atoms with van der Waals surface area (Å²) in [6.45, 7) is 1.59. The van der Waals surface area contributed by atoms with E-state index in [0.29, 0.717) is 13.2 Å². The van der Waals surface area contributed by atoms with Crippen LogP contribution in [0.5, 0.6) is 11.5 Å². The lowest BCUT2D eigenvalue weighted by molar-refractivity contribution is 0.0898. The van der Waals surface area contributed by atoms with Crippen LogP contribution in [0.4, 0.5) is 4.79 Å². The zero-order valence-corrected chi connectivity index (χ0v) is 16.2. The van der Waals surface area contributed by atoms with Gasteiger partial charge in [-0.3, -0.25) is 0 Å². The van der Waals surface area contributed by atoms with Crippen molar-refractivity contribution in [2.24, 2.45) is 0 Å². The van der Waals surface area contributed by atoms with Crippen LogP contribution in [0, 0.1) is 0 Å². The van der Waals surface area contributed by atoms with Crippen LogP contribution in [0.15, 0.2) is 48.5 Å². The van der Waals surface area contributed by atoms with Crippen LogP contribution < -0.4 is 14.8 Å². The van der Waals surface area contributed by atoms with Crippen LogP contribution in [0.3, 0.4) is 0 Å². The number of fused-ring (bicyclic) bond motifs is 2. The molecule has 1 fully saturated rings. The molecule has 0 saturated carbocycles. The fourth-order valence-electron chi connectivity index (χ4n) is 3.77. The van der Waals surface area contributed by atoms with Crippen molar-refractivity contribution in [1.29, 1.82) is 0 Å². The molecule has 5 rings (SSSR count). The van der Waals surface area contributed by atoms with Crippen LogP contribution in [0.25, 0.3) is 10.2 Å². The number of carbonyl (C=O) groups is 1. The molecule has 0 aliphatic carbocycles.